The maximum atomic E-state index is 5.89. The van der Waals surface area contributed by atoms with Gasteiger partial charge in [0, 0.05) is 5.69 Å². The molecule has 1 aromatic carbocycles. The molecule has 0 aliphatic heterocycles. The van der Waals surface area contributed by atoms with Crippen LogP contribution in [-0.4, -0.2) is 13.6 Å². The summed E-state index contributed by atoms with van der Waals surface area (Å²) < 4.78 is 0. The number of nitrogens with one attached hydrogen (secondary N) is 1. The van der Waals surface area contributed by atoms with Gasteiger partial charge in [0.1, 0.15) is 0 Å². The third-order valence-corrected chi connectivity index (χ3v) is 2.49. The quantitative estimate of drug-likeness (QED) is 0.584. The van der Waals surface area contributed by atoms with E-state index >= 15 is 0 Å². The van der Waals surface area contributed by atoms with Gasteiger partial charge in [-0.05, 0) is 62.7 Å². The largest absolute Gasteiger partial charge is 0.398 e. The molecule has 0 heterocycles. The summed E-state index contributed by atoms with van der Waals surface area (Å²) in [4.78, 5) is 0. The fourth-order valence-corrected chi connectivity index (χ4v) is 1.55. The van der Waals surface area contributed by atoms with Crippen LogP contribution in [0.4, 0.5) is 5.69 Å². The minimum Gasteiger partial charge on any atom is -0.398 e. The lowest BCUT2D eigenvalue weighted by Crippen LogP contribution is -2.05. The molecule has 2 nitrogen and oxygen atoms in total. The van der Waals surface area contributed by atoms with Crippen LogP contribution in [0.3, 0.4) is 0 Å². The van der Waals surface area contributed by atoms with Crippen molar-refractivity contribution in [3.05, 3.63) is 34.9 Å². The number of hydrogen-bond acceptors (Lipinski definition) is 2. The number of anilines is 1. The topological polar surface area (TPSA) is 38.0 Å². The van der Waals surface area contributed by atoms with Crippen molar-refractivity contribution in [2.75, 3.05) is 19.3 Å². The Morgan fingerprint density at radius 3 is 2.40 bits per heavy atom. The lowest BCUT2D eigenvalue weighted by molar-refractivity contribution is 0.809. The van der Waals surface area contributed by atoms with Crippen molar-refractivity contribution in [3.8, 4) is 0 Å². The summed E-state index contributed by atoms with van der Waals surface area (Å²) in [5, 5.41) is 3.11. The Balaban J connectivity index is 2.74. The molecule has 82 valence electrons. The Kier molecular flexibility index (Phi) is 4.37. The van der Waals surface area contributed by atoms with E-state index in [1.807, 2.05) is 20.9 Å². The molecular weight excluding hydrogens is 184 g/mol. The van der Waals surface area contributed by atoms with E-state index in [4.69, 9.17) is 5.73 Å². The molecule has 0 spiro atoms. The second-order valence-corrected chi connectivity index (χ2v) is 3.86. The van der Waals surface area contributed by atoms with Gasteiger partial charge in [-0.1, -0.05) is 12.2 Å². The van der Waals surface area contributed by atoms with Crippen LogP contribution in [0.5, 0.6) is 0 Å². The fraction of sp³-hybridized carbons (Fsp3) is 0.385. The van der Waals surface area contributed by atoms with Crippen LogP contribution in [0.2, 0.25) is 0 Å². The fourth-order valence-electron chi connectivity index (χ4n) is 1.55. The number of aryl methyl sites for hydroxylation is 2. The van der Waals surface area contributed by atoms with E-state index in [1.54, 1.807) is 0 Å². The minimum atomic E-state index is 0.905. The second kappa shape index (κ2) is 5.56. The van der Waals surface area contributed by atoms with Crippen LogP contribution < -0.4 is 11.1 Å². The third-order valence-electron chi connectivity index (χ3n) is 2.49. The highest BCUT2D eigenvalue weighted by Crippen LogP contribution is 2.19. The van der Waals surface area contributed by atoms with Gasteiger partial charge >= 0.3 is 0 Å². The van der Waals surface area contributed by atoms with E-state index in [-0.39, 0.29) is 0 Å². The van der Waals surface area contributed by atoms with Crippen molar-refractivity contribution >= 4 is 11.8 Å². The zero-order chi connectivity index (χ0) is 11.3. The molecule has 0 saturated heterocycles. The Morgan fingerprint density at radius 2 is 1.87 bits per heavy atom. The lowest BCUT2D eigenvalue weighted by atomic mass is 10.0. The average molecular weight is 204 g/mol. The average Bonchev–Trinajstić information content (AvgIpc) is 2.21. The van der Waals surface area contributed by atoms with E-state index in [9.17, 15) is 0 Å². The summed E-state index contributed by atoms with van der Waals surface area (Å²) >= 11 is 0. The molecular formula is C13H20N2. The zero-order valence-corrected chi connectivity index (χ0v) is 9.80. The van der Waals surface area contributed by atoms with Crippen LogP contribution in [0.15, 0.2) is 18.2 Å². The molecule has 0 unspecified atom stereocenters. The first kappa shape index (κ1) is 11.8. The number of benzene rings is 1. The Labute approximate surface area is 92.2 Å². The van der Waals surface area contributed by atoms with Crippen molar-refractivity contribution in [3.63, 3.8) is 0 Å². The lowest BCUT2D eigenvalue weighted by Gasteiger charge is -2.05. The molecule has 0 atom stereocenters. The smallest absolute Gasteiger partial charge is 0.0373 e. The first-order valence-corrected chi connectivity index (χ1v) is 5.33. The predicted molar refractivity (Wildman–Crippen MR) is 67.9 cm³/mol. The third kappa shape index (κ3) is 3.40. The molecule has 15 heavy (non-hydrogen) atoms. The van der Waals surface area contributed by atoms with Gasteiger partial charge in [0.05, 0.1) is 0 Å². The van der Waals surface area contributed by atoms with Gasteiger partial charge in [-0.15, -0.1) is 0 Å². The summed E-state index contributed by atoms with van der Waals surface area (Å²) in [5.74, 6) is 0. The Hall–Kier alpha value is -1.28. The molecule has 0 amide bonds. The highest BCUT2D eigenvalue weighted by molar-refractivity contribution is 5.61. The van der Waals surface area contributed by atoms with Crippen molar-refractivity contribution in [1.82, 2.24) is 5.32 Å². The number of rotatable bonds is 4. The Morgan fingerprint density at radius 1 is 1.27 bits per heavy atom. The molecule has 3 N–H and O–H groups in total. The number of nitrogens with two attached hydrogens (primary N) is 1. The predicted octanol–water partition coefficient (Wildman–Crippen LogP) is 2.51. The SMILES string of the molecule is CNCCC=Cc1cc(C)c(N)c(C)c1. The van der Waals surface area contributed by atoms with E-state index < -0.39 is 0 Å². The highest BCUT2D eigenvalue weighted by atomic mass is 14.8. The molecule has 0 aliphatic rings. The van der Waals surface area contributed by atoms with Crippen molar-refractivity contribution in [2.24, 2.45) is 0 Å². The van der Waals surface area contributed by atoms with Crippen LogP contribution >= 0.6 is 0 Å². The van der Waals surface area contributed by atoms with Crippen LogP contribution in [0, 0.1) is 13.8 Å². The molecule has 0 bridgehead atoms. The maximum absolute atomic E-state index is 5.89. The van der Waals surface area contributed by atoms with E-state index in [1.165, 1.54) is 5.56 Å². The van der Waals surface area contributed by atoms with Crippen molar-refractivity contribution in [2.45, 2.75) is 20.3 Å². The van der Waals surface area contributed by atoms with E-state index in [0.29, 0.717) is 0 Å². The number of nitrogen functional groups attached to an aromatic ring is 1. The summed E-state index contributed by atoms with van der Waals surface area (Å²) in [6.45, 7) is 5.12. The second-order valence-electron chi connectivity index (χ2n) is 3.86. The summed E-state index contributed by atoms with van der Waals surface area (Å²) in [6, 6.07) is 4.25. The van der Waals surface area contributed by atoms with Gasteiger partial charge in [0.2, 0.25) is 0 Å². The molecule has 2 heteroatoms. The minimum absolute atomic E-state index is 0.905. The molecule has 0 fully saturated rings. The standard InChI is InChI=1S/C13H20N2/c1-10-8-12(6-4-5-7-15-3)9-11(2)13(10)14/h4,6,8-9,15H,5,7,14H2,1-3H3. The van der Waals surface area contributed by atoms with E-state index in [0.717, 1.165) is 29.8 Å². The maximum Gasteiger partial charge on any atom is 0.0373 e. The summed E-state index contributed by atoms with van der Waals surface area (Å²) in [7, 11) is 1.96. The van der Waals surface area contributed by atoms with Gasteiger partial charge in [-0.2, -0.15) is 0 Å². The monoisotopic (exact) mass is 204 g/mol. The first-order valence-electron chi connectivity index (χ1n) is 5.33. The molecule has 1 aromatic rings. The molecule has 0 aliphatic carbocycles. The number of hydrogen-bond donors (Lipinski definition) is 2. The van der Waals surface area contributed by atoms with Crippen molar-refractivity contribution in [1.29, 1.82) is 0 Å². The van der Waals surface area contributed by atoms with Crippen LogP contribution in [0.1, 0.15) is 23.1 Å². The van der Waals surface area contributed by atoms with Gasteiger partial charge in [-0.25, -0.2) is 0 Å². The molecule has 1 rings (SSSR count). The summed E-state index contributed by atoms with van der Waals surface area (Å²) in [6.07, 6.45) is 5.39. The first-order chi connectivity index (χ1) is 7.15. The van der Waals surface area contributed by atoms with Crippen LogP contribution in [-0.2, 0) is 0 Å². The summed E-state index contributed by atoms with van der Waals surface area (Å²) in [5.41, 5.74) is 10.3. The molecule has 0 aromatic heterocycles. The van der Waals surface area contributed by atoms with Gasteiger partial charge in [-0.3, -0.25) is 0 Å². The molecule has 0 radical (unpaired) electrons. The van der Waals surface area contributed by atoms with Crippen molar-refractivity contribution < 1.29 is 0 Å². The zero-order valence-electron chi connectivity index (χ0n) is 9.80. The Bertz CT molecular complexity index is 331. The van der Waals surface area contributed by atoms with Gasteiger partial charge in [0.25, 0.3) is 0 Å². The van der Waals surface area contributed by atoms with Gasteiger partial charge < -0.3 is 11.1 Å². The van der Waals surface area contributed by atoms with E-state index in [2.05, 4.69) is 29.6 Å². The highest BCUT2D eigenvalue weighted by Gasteiger charge is 1.98. The van der Waals surface area contributed by atoms with Crippen LogP contribution in [0.25, 0.3) is 6.08 Å². The molecule has 0 saturated carbocycles. The normalized spacial score (nSPS) is 11.1. The van der Waals surface area contributed by atoms with Gasteiger partial charge in [0.15, 0.2) is 0 Å².